The Balaban J connectivity index is 1.93. The molecule has 0 bridgehead atoms. The molecule has 1 aliphatic heterocycles. The van der Waals surface area contributed by atoms with Crippen molar-refractivity contribution in [2.45, 2.75) is 12.8 Å². The molecule has 1 N–H and O–H groups in total. The second kappa shape index (κ2) is 7.90. The van der Waals surface area contributed by atoms with Crippen molar-refractivity contribution in [1.82, 2.24) is 14.7 Å². The van der Waals surface area contributed by atoms with Crippen LogP contribution in [0, 0.1) is 5.92 Å². The van der Waals surface area contributed by atoms with Crippen LogP contribution in [0.3, 0.4) is 0 Å². The molecule has 130 valence electrons. The highest BCUT2D eigenvalue weighted by Gasteiger charge is 2.23. The first-order chi connectivity index (χ1) is 11.8. The van der Waals surface area contributed by atoms with Crippen molar-refractivity contribution in [2.24, 2.45) is 5.92 Å². The molecule has 1 unspecified atom stereocenters. The zero-order chi connectivity index (χ0) is 16.9. The zero-order valence-corrected chi connectivity index (χ0v) is 15.2. The minimum atomic E-state index is 0.636. The second-order valence-electron chi connectivity index (χ2n) is 5.93. The van der Waals surface area contributed by atoms with Crippen molar-refractivity contribution >= 4 is 28.7 Å². The van der Waals surface area contributed by atoms with E-state index in [2.05, 4.69) is 25.8 Å². The van der Waals surface area contributed by atoms with Gasteiger partial charge in [-0.3, -0.25) is 4.72 Å². The Kier molecular flexibility index (Phi) is 5.63. The highest BCUT2D eigenvalue weighted by Crippen LogP contribution is 2.35. The van der Waals surface area contributed by atoms with Gasteiger partial charge in [-0.05, 0) is 31.1 Å². The van der Waals surface area contributed by atoms with E-state index in [0.717, 1.165) is 36.4 Å². The van der Waals surface area contributed by atoms with E-state index in [1.54, 1.807) is 32.5 Å². The molecule has 1 aliphatic rings. The molecule has 7 heteroatoms. The maximum absolute atomic E-state index is 5.45. The third-order valence-electron chi connectivity index (χ3n) is 4.45. The Hall–Kier alpha value is -1.73. The Morgan fingerprint density at radius 2 is 2.04 bits per heavy atom. The van der Waals surface area contributed by atoms with Gasteiger partial charge in [0.05, 0.1) is 19.7 Å². The predicted molar refractivity (Wildman–Crippen MR) is 99.1 cm³/mol. The number of benzene rings is 1. The smallest absolute Gasteiger partial charge is 0.162 e. The van der Waals surface area contributed by atoms with Gasteiger partial charge in [0.1, 0.15) is 12.1 Å². The molecule has 2 aromatic rings. The normalized spacial score (nSPS) is 18.0. The zero-order valence-electron chi connectivity index (χ0n) is 14.4. The number of nitrogens with one attached hydrogen (secondary N) is 1. The molecule has 1 saturated heterocycles. The van der Waals surface area contributed by atoms with Crippen LogP contribution in [0.1, 0.15) is 12.8 Å². The molecule has 0 saturated carbocycles. The summed E-state index contributed by atoms with van der Waals surface area (Å²) in [5, 5.41) is 1.01. The first-order valence-corrected chi connectivity index (χ1v) is 9.36. The molecular weight excluding hydrogens is 324 g/mol. The quantitative estimate of drug-likeness (QED) is 0.806. The minimum absolute atomic E-state index is 0.636. The van der Waals surface area contributed by atoms with Crippen molar-refractivity contribution in [3.8, 4) is 11.5 Å². The highest BCUT2D eigenvalue weighted by atomic mass is 32.2. The Bertz CT molecular complexity index is 698. The van der Waals surface area contributed by atoms with Crippen LogP contribution < -0.4 is 19.1 Å². The molecule has 3 rings (SSSR count). The summed E-state index contributed by atoms with van der Waals surface area (Å²) in [6, 6.07) is 3.89. The number of rotatable bonds is 6. The molecule has 1 fully saturated rings. The number of ether oxygens (including phenoxy) is 2. The number of hydrogen-bond donors (Lipinski definition) is 1. The maximum atomic E-state index is 5.45. The summed E-state index contributed by atoms with van der Waals surface area (Å²) in [7, 11) is 3.29. The first-order valence-electron chi connectivity index (χ1n) is 8.14. The third kappa shape index (κ3) is 3.52. The van der Waals surface area contributed by atoms with Crippen molar-refractivity contribution in [2.75, 3.05) is 45.0 Å². The monoisotopic (exact) mass is 348 g/mol. The van der Waals surface area contributed by atoms with Crippen LogP contribution in [0.5, 0.6) is 11.5 Å². The summed E-state index contributed by atoms with van der Waals surface area (Å²) in [6.07, 6.45) is 6.13. The van der Waals surface area contributed by atoms with Crippen LogP contribution in [-0.4, -0.2) is 50.1 Å². The van der Waals surface area contributed by atoms with E-state index < -0.39 is 0 Å². The average Bonchev–Trinajstić information content (AvgIpc) is 2.64. The number of fused-ring (bicyclic) bond motifs is 1. The van der Waals surface area contributed by atoms with Crippen LogP contribution in [0.4, 0.5) is 5.82 Å². The molecule has 1 atom stereocenters. The van der Waals surface area contributed by atoms with Gasteiger partial charge < -0.3 is 14.4 Å². The fraction of sp³-hybridized carbons (Fsp3) is 0.529. The number of anilines is 1. The fourth-order valence-corrected chi connectivity index (χ4v) is 3.65. The summed E-state index contributed by atoms with van der Waals surface area (Å²) < 4.78 is 14.2. The minimum Gasteiger partial charge on any atom is -0.493 e. The van der Waals surface area contributed by atoms with Gasteiger partial charge in [0.25, 0.3) is 0 Å². The lowest BCUT2D eigenvalue weighted by molar-refractivity contribution is 0.355. The maximum Gasteiger partial charge on any atom is 0.162 e. The molecule has 2 heterocycles. The van der Waals surface area contributed by atoms with Crippen LogP contribution in [0.15, 0.2) is 18.5 Å². The Morgan fingerprint density at radius 1 is 1.25 bits per heavy atom. The predicted octanol–water partition coefficient (Wildman–Crippen LogP) is 2.73. The molecule has 1 aromatic heterocycles. The second-order valence-corrected chi connectivity index (χ2v) is 6.63. The lowest BCUT2D eigenvalue weighted by atomic mass is 9.98. The van der Waals surface area contributed by atoms with E-state index in [9.17, 15) is 0 Å². The largest absolute Gasteiger partial charge is 0.493 e. The van der Waals surface area contributed by atoms with E-state index in [4.69, 9.17) is 9.47 Å². The average molecular weight is 348 g/mol. The Morgan fingerprint density at radius 3 is 2.79 bits per heavy atom. The number of methoxy groups -OCH3 is 2. The summed E-state index contributed by atoms with van der Waals surface area (Å²) in [6.45, 7) is 3.06. The lowest BCUT2D eigenvalue weighted by Crippen LogP contribution is -2.39. The van der Waals surface area contributed by atoms with Crippen molar-refractivity contribution < 1.29 is 9.47 Å². The molecular formula is C17H24N4O2S. The molecule has 6 nitrogen and oxygen atoms in total. The number of piperidine rings is 1. The SMILES string of the molecule is COc1cc2ncnc(N3CCCC(CNSC)C3)c2cc1OC. The number of aromatic nitrogens is 2. The molecule has 0 radical (unpaired) electrons. The van der Waals surface area contributed by atoms with Gasteiger partial charge in [-0.15, -0.1) is 0 Å². The summed E-state index contributed by atoms with van der Waals surface area (Å²) in [4.78, 5) is 11.3. The summed E-state index contributed by atoms with van der Waals surface area (Å²) >= 11 is 1.68. The van der Waals surface area contributed by atoms with E-state index in [-0.39, 0.29) is 0 Å². The van der Waals surface area contributed by atoms with Crippen LogP contribution in [0.25, 0.3) is 10.9 Å². The van der Waals surface area contributed by atoms with Crippen LogP contribution >= 0.6 is 11.9 Å². The van der Waals surface area contributed by atoms with Crippen LogP contribution in [-0.2, 0) is 0 Å². The van der Waals surface area contributed by atoms with Gasteiger partial charge in [0.2, 0.25) is 0 Å². The van der Waals surface area contributed by atoms with E-state index in [1.165, 1.54) is 12.8 Å². The van der Waals surface area contributed by atoms with Gasteiger partial charge in [0.15, 0.2) is 11.5 Å². The summed E-state index contributed by atoms with van der Waals surface area (Å²) in [5.41, 5.74) is 0.877. The molecule has 1 aromatic carbocycles. The Labute approximate surface area is 147 Å². The fourth-order valence-electron chi connectivity index (χ4n) is 3.25. The van der Waals surface area contributed by atoms with E-state index >= 15 is 0 Å². The van der Waals surface area contributed by atoms with Gasteiger partial charge in [-0.1, -0.05) is 11.9 Å². The topological polar surface area (TPSA) is 59.5 Å². The molecule has 0 aliphatic carbocycles. The number of nitrogens with zero attached hydrogens (tertiary/aromatic N) is 3. The highest BCUT2D eigenvalue weighted by molar-refractivity contribution is 7.96. The number of hydrogen-bond acceptors (Lipinski definition) is 7. The van der Waals surface area contributed by atoms with Crippen LogP contribution in [0.2, 0.25) is 0 Å². The lowest BCUT2D eigenvalue weighted by Gasteiger charge is -2.34. The standard InChI is InChI=1S/C17H24N4O2S/c1-22-15-7-13-14(8-16(15)23-2)18-11-19-17(13)21-6-4-5-12(10-21)9-20-24-3/h7-8,11-12,20H,4-6,9-10H2,1-3H3. The summed E-state index contributed by atoms with van der Waals surface area (Å²) in [5.74, 6) is 3.01. The molecule has 0 spiro atoms. The van der Waals surface area contributed by atoms with Gasteiger partial charge in [0, 0.05) is 31.1 Å². The third-order valence-corrected chi connectivity index (χ3v) is 4.91. The van der Waals surface area contributed by atoms with Crippen molar-refractivity contribution in [3.05, 3.63) is 18.5 Å². The van der Waals surface area contributed by atoms with Crippen molar-refractivity contribution in [1.29, 1.82) is 0 Å². The van der Waals surface area contributed by atoms with Gasteiger partial charge >= 0.3 is 0 Å². The van der Waals surface area contributed by atoms with E-state index in [0.29, 0.717) is 17.4 Å². The first kappa shape index (κ1) is 17.1. The van der Waals surface area contributed by atoms with Crippen molar-refractivity contribution in [3.63, 3.8) is 0 Å². The molecule has 0 amide bonds. The molecule has 24 heavy (non-hydrogen) atoms. The van der Waals surface area contributed by atoms with Gasteiger partial charge in [-0.2, -0.15) is 0 Å². The van der Waals surface area contributed by atoms with Gasteiger partial charge in [-0.25, -0.2) is 9.97 Å². The van der Waals surface area contributed by atoms with E-state index in [1.807, 2.05) is 12.1 Å².